The number of hydrogen-bond acceptors (Lipinski definition) is 4. The van der Waals surface area contributed by atoms with Crippen LogP contribution in [0.3, 0.4) is 0 Å². The Morgan fingerprint density at radius 3 is 2.88 bits per heavy atom. The maximum Gasteiger partial charge on any atom is 0.251 e. The Morgan fingerprint density at radius 1 is 1.47 bits per heavy atom. The van der Waals surface area contributed by atoms with Crippen LogP contribution in [0.1, 0.15) is 5.69 Å². The molecular formula is C12H17N3O2. The van der Waals surface area contributed by atoms with E-state index in [1.54, 1.807) is 11.1 Å². The van der Waals surface area contributed by atoms with Gasteiger partial charge in [-0.05, 0) is 12.1 Å². The molecule has 0 radical (unpaired) electrons. The van der Waals surface area contributed by atoms with Crippen LogP contribution in [-0.2, 0) is 11.2 Å². The summed E-state index contributed by atoms with van der Waals surface area (Å²) in [6.45, 7) is 2.92. The van der Waals surface area contributed by atoms with Gasteiger partial charge in [-0.25, -0.2) is 0 Å². The molecule has 1 fully saturated rings. The van der Waals surface area contributed by atoms with Crippen molar-refractivity contribution in [2.45, 2.75) is 12.5 Å². The second-order valence-corrected chi connectivity index (χ2v) is 4.12. The molecule has 92 valence electrons. The van der Waals surface area contributed by atoms with Crippen LogP contribution >= 0.6 is 0 Å². The number of carbonyl (C=O) groups is 1. The summed E-state index contributed by atoms with van der Waals surface area (Å²) >= 11 is 0. The van der Waals surface area contributed by atoms with Crippen molar-refractivity contribution in [3.63, 3.8) is 0 Å². The van der Waals surface area contributed by atoms with Crippen LogP contribution in [0.15, 0.2) is 24.4 Å². The third kappa shape index (κ3) is 3.25. The van der Waals surface area contributed by atoms with E-state index in [4.69, 9.17) is 0 Å². The van der Waals surface area contributed by atoms with Crippen LogP contribution < -0.4 is 5.32 Å². The zero-order valence-corrected chi connectivity index (χ0v) is 9.67. The van der Waals surface area contributed by atoms with Crippen molar-refractivity contribution in [2.75, 3.05) is 26.2 Å². The summed E-state index contributed by atoms with van der Waals surface area (Å²) in [4.78, 5) is 17.7. The molecule has 2 N–H and O–H groups in total. The monoisotopic (exact) mass is 235 g/mol. The number of hydrogen-bond donors (Lipinski definition) is 2. The molecule has 2 rings (SSSR count). The lowest BCUT2D eigenvalue weighted by molar-refractivity contribution is -0.140. The van der Waals surface area contributed by atoms with Crippen LogP contribution in [0, 0.1) is 0 Å². The smallest absolute Gasteiger partial charge is 0.251 e. The zero-order chi connectivity index (χ0) is 12.1. The molecule has 1 amide bonds. The van der Waals surface area contributed by atoms with Gasteiger partial charge in [0.05, 0.1) is 0 Å². The highest BCUT2D eigenvalue weighted by atomic mass is 16.3. The Labute approximate surface area is 100 Å². The van der Waals surface area contributed by atoms with Crippen molar-refractivity contribution in [1.82, 2.24) is 15.2 Å². The number of piperazine rings is 1. The number of aliphatic hydroxyl groups excluding tert-OH is 1. The van der Waals surface area contributed by atoms with Gasteiger partial charge in [0.1, 0.15) is 6.10 Å². The Bertz CT molecular complexity index is 363. The van der Waals surface area contributed by atoms with Crippen LogP contribution in [0.25, 0.3) is 0 Å². The summed E-state index contributed by atoms with van der Waals surface area (Å²) in [5, 5.41) is 13.0. The second-order valence-electron chi connectivity index (χ2n) is 4.12. The normalized spacial score (nSPS) is 17.8. The second kappa shape index (κ2) is 5.75. The molecule has 2 heterocycles. The molecule has 1 atom stereocenters. The standard InChI is InChI=1S/C12H17N3O2/c16-11(9-10-3-1-2-4-14-10)12(17)15-7-5-13-6-8-15/h1-4,11,13,16H,5-9H2. The summed E-state index contributed by atoms with van der Waals surface area (Å²) in [6.07, 6.45) is 0.962. The van der Waals surface area contributed by atoms with Crippen LogP contribution in [0.4, 0.5) is 0 Å². The van der Waals surface area contributed by atoms with E-state index in [1.165, 1.54) is 0 Å². The SMILES string of the molecule is O=C(C(O)Cc1ccccn1)N1CCNCC1. The Kier molecular flexibility index (Phi) is 4.06. The summed E-state index contributed by atoms with van der Waals surface area (Å²) < 4.78 is 0. The summed E-state index contributed by atoms with van der Waals surface area (Å²) in [5.74, 6) is -0.197. The highest BCUT2D eigenvalue weighted by Gasteiger charge is 2.23. The zero-order valence-electron chi connectivity index (χ0n) is 9.67. The maximum absolute atomic E-state index is 11.9. The summed E-state index contributed by atoms with van der Waals surface area (Å²) in [5.41, 5.74) is 0.739. The van der Waals surface area contributed by atoms with Crippen molar-refractivity contribution in [2.24, 2.45) is 0 Å². The van der Waals surface area contributed by atoms with Crippen molar-refractivity contribution < 1.29 is 9.90 Å². The largest absolute Gasteiger partial charge is 0.383 e. The highest BCUT2D eigenvalue weighted by Crippen LogP contribution is 2.04. The predicted molar refractivity (Wildman–Crippen MR) is 63.4 cm³/mol. The number of aromatic nitrogens is 1. The van der Waals surface area contributed by atoms with E-state index in [1.807, 2.05) is 18.2 Å². The van der Waals surface area contributed by atoms with Gasteiger partial charge in [0.25, 0.3) is 5.91 Å². The average Bonchev–Trinajstić information content (AvgIpc) is 2.40. The fourth-order valence-electron chi connectivity index (χ4n) is 1.90. The molecule has 1 unspecified atom stereocenters. The fourth-order valence-corrected chi connectivity index (χ4v) is 1.90. The first-order valence-electron chi connectivity index (χ1n) is 5.85. The Hall–Kier alpha value is -1.46. The Morgan fingerprint density at radius 2 is 2.24 bits per heavy atom. The van der Waals surface area contributed by atoms with Gasteiger partial charge in [-0.15, -0.1) is 0 Å². The maximum atomic E-state index is 11.9. The van der Waals surface area contributed by atoms with Gasteiger partial charge in [0, 0.05) is 44.5 Å². The van der Waals surface area contributed by atoms with E-state index in [2.05, 4.69) is 10.3 Å². The molecule has 1 aromatic heterocycles. The number of nitrogens with one attached hydrogen (secondary N) is 1. The molecular weight excluding hydrogens is 218 g/mol. The highest BCUT2D eigenvalue weighted by molar-refractivity contribution is 5.81. The van der Waals surface area contributed by atoms with E-state index in [9.17, 15) is 9.90 Å². The number of rotatable bonds is 3. The molecule has 5 heteroatoms. The van der Waals surface area contributed by atoms with Crippen LogP contribution in [0.2, 0.25) is 0 Å². The number of pyridine rings is 1. The fraction of sp³-hybridized carbons (Fsp3) is 0.500. The molecule has 1 aliphatic rings. The molecule has 5 nitrogen and oxygen atoms in total. The number of nitrogens with zero attached hydrogens (tertiary/aromatic N) is 2. The van der Waals surface area contributed by atoms with E-state index in [0.717, 1.165) is 18.8 Å². The van der Waals surface area contributed by atoms with Crippen molar-refractivity contribution in [3.05, 3.63) is 30.1 Å². The van der Waals surface area contributed by atoms with Gasteiger partial charge in [0.2, 0.25) is 0 Å². The van der Waals surface area contributed by atoms with E-state index in [0.29, 0.717) is 13.1 Å². The molecule has 0 aromatic carbocycles. The van der Waals surface area contributed by atoms with Gasteiger partial charge in [-0.2, -0.15) is 0 Å². The first kappa shape index (κ1) is 12.0. The predicted octanol–water partition coefficient (Wildman–Crippen LogP) is -0.583. The first-order valence-corrected chi connectivity index (χ1v) is 5.85. The number of aliphatic hydroxyl groups is 1. The quantitative estimate of drug-likeness (QED) is 0.735. The lowest BCUT2D eigenvalue weighted by Crippen LogP contribution is -2.50. The Balaban J connectivity index is 1.90. The van der Waals surface area contributed by atoms with Gasteiger partial charge in [0.15, 0.2) is 0 Å². The van der Waals surface area contributed by atoms with E-state index < -0.39 is 6.10 Å². The molecule has 17 heavy (non-hydrogen) atoms. The summed E-state index contributed by atoms with van der Waals surface area (Å²) in [6, 6.07) is 5.48. The van der Waals surface area contributed by atoms with Gasteiger partial charge >= 0.3 is 0 Å². The molecule has 1 saturated heterocycles. The van der Waals surface area contributed by atoms with Gasteiger partial charge < -0.3 is 15.3 Å². The molecule has 1 aromatic rings. The van der Waals surface area contributed by atoms with Crippen LogP contribution in [-0.4, -0.2) is 53.2 Å². The van der Waals surface area contributed by atoms with Gasteiger partial charge in [-0.1, -0.05) is 6.07 Å². The van der Waals surface area contributed by atoms with Crippen molar-refractivity contribution in [1.29, 1.82) is 0 Å². The summed E-state index contributed by atoms with van der Waals surface area (Å²) in [7, 11) is 0. The third-order valence-corrected chi connectivity index (χ3v) is 2.84. The molecule has 0 saturated carbocycles. The minimum atomic E-state index is -0.983. The topological polar surface area (TPSA) is 65.5 Å². The molecule has 0 bridgehead atoms. The molecule has 1 aliphatic heterocycles. The molecule has 0 aliphatic carbocycles. The third-order valence-electron chi connectivity index (χ3n) is 2.84. The minimum absolute atomic E-state index is 0.197. The van der Waals surface area contributed by atoms with Crippen molar-refractivity contribution in [3.8, 4) is 0 Å². The number of carbonyl (C=O) groups excluding carboxylic acids is 1. The van der Waals surface area contributed by atoms with Gasteiger partial charge in [-0.3, -0.25) is 9.78 Å². The first-order chi connectivity index (χ1) is 8.27. The average molecular weight is 235 g/mol. The lowest BCUT2D eigenvalue weighted by atomic mass is 10.1. The lowest BCUT2D eigenvalue weighted by Gasteiger charge is -2.29. The minimum Gasteiger partial charge on any atom is -0.383 e. The van der Waals surface area contributed by atoms with E-state index >= 15 is 0 Å². The van der Waals surface area contributed by atoms with E-state index in [-0.39, 0.29) is 12.3 Å². The number of amides is 1. The molecule has 0 spiro atoms. The van der Waals surface area contributed by atoms with Crippen LogP contribution in [0.5, 0.6) is 0 Å². The van der Waals surface area contributed by atoms with Crippen molar-refractivity contribution >= 4 is 5.91 Å².